The van der Waals surface area contributed by atoms with E-state index in [4.69, 9.17) is 4.74 Å². The molecule has 11 heteroatoms. The van der Waals surface area contributed by atoms with Gasteiger partial charge in [-0.1, -0.05) is 36.4 Å². The van der Waals surface area contributed by atoms with Crippen molar-refractivity contribution in [3.63, 3.8) is 0 Å². The fraction of sp³-hybridized carbons (Fsp3) is 0.308. The Balaban J connectivity index is 1.59. The van der Waals surface area contributed by atoms with E-state index in [9.17, 15) is 22.0 Å². The van der Waals surface area contributed by atoms with Gasteiger partial charge in [0.1, 0.15) is 0 Å². The van der Waals surface area contributed by atoms with Gasteiger partial charge in [0, 0.05) is 50.7 Å². The number of sulfone groups is 1. The highest BCUT2D eigenvalue weighted by atomic mass is 32.2. The van der Waals surface area contributed by atoms with Crippen molar-refractivity contribution in [3.05, 3.63) is 78.0 Å². The molecule has 0 aliphatic carbocycles. The average molecular weight is 531 g/mol. The highest BCUT2D eigenvalue weighted by Gasteiger charge is 2.35. The molecule has 2 N–H and O–H groups in total. The fourth-order valence-electron chi connectivity index (χ4n) is 4.41. The van der Waals surface area contributed by atoms with E-state index >= 15 is 0 Å². The van der Waals surface area contributed by atoms with E-state index in [0.717, 1.165) is 18.4 Å². The first-order valence-corrected chi connectivity index (χ1v) is 13.5. The van der Waals surface area contributed by atoms with Gasteiger partial charge in [0.25, 0.3) is 0 Å². The first-order chi connectivity index (χ1) is 17.7. The molecule has 4 rings (SSSR count). The molecule has 2 aromatic carbocycles. The molecule has 1 aliphatic rings. The lowest BCUT2D eigenvalue weighted by molar-refractivity contribution is 0.159. The number of carbonyl (C=O) groups is 1. The highest BCUT2D eigenvalue weighted by Crippen LogP contribution is 2.30. The van der Waals surface area contributed by atoms with Gasteiger partial charge in [-0.05, 0) is 23.8 Å². The van der Waals surface area contributed by atoms with Gasteiger partial charge in [0.2, 0.25) is 0 Å². The zero-order valence-electron chi connectivity index (χ0n) is 20.4. The number of carbonyl (C=O) groups excluding carboxylic acids is 1. The third-order valence-electron chi connectivity index (χ3n) is 6.28. The molecule has 1 saturated heterocycles. The number of nitrogens with one attached hydrogen (secondary N) is 2. The van der Waals surface area contributed by atoms with Crippen molar-refractivity contribution in [2.24, 2.45) is 0 Å². The van der Waals surface area contributed by atoms with Crippen LogP contribution in [0.15, 0.2) is 65.7 Å². The van der Waals surface area contributed by atoms with Gasteiger partial charge in [0.05, 0.1) is 28.9 Å². The number of anilines is 1. The van der Waals surface area contributed by atoms with Crippen LogP contribution in [0.3, 0.4) is 0 Å². The molecule has 8 nitrogen and oxygen atoms in total. The Morgan fingerprint density at radius 1 is 1.11 bits per heavy atom. The number of methoxy groups -OCH3 is 1. The van der Waals surface area contributed by atoms with Gasteiger partial charge in [0.15, 0.2) is 21.5 Å². The SMILES string of the molecule is COCCN1CC(NC(=O)Nc2cc(S(C)(=O)=O)cnc2-c2ccccc2)C(c2ccc(F)c(F)c2)C1. The summed E-state index contributed by atoms with van der Waals surface area (Å²) in [5.74, 6) is -2.19. The number of pyridine rings is 1. The number of nitrogens with zero attached hydrogens (tertiary/aromatic N) is 2. The lowest BCUT2D eigenvalue weighted by atomic mass is 9.94. The molecule has 196 valence electrons. The Hall–Kier alpha value is -3.41. The quantitative estimate of drug-likeness (QED) is 0.461. The van der Waals surface area contributed by atoms with Crippen LogP contribution in [-0.4, -0.2) is 70.0 Å². The molecular formula is C26H28F2N4O4S. The summed E-state index contributed by atoms with van der Waals surface area (Å²) in [6, 6.07) is 13.2. The number of aromatic nitrogens is 1. The Morgan fingerprint density at radius 3 is 2.54 bits per heavy atom. The molecule has 37 heavy (non-hydrogen) atoms. The number of likely N-dealkylation sites (tertiary alicyclic amines) is 1. The van der Waals surface area contributed by atoms with Crippen LogP contribution in [0.1, 0.15) is 11.5 Å². The van der Waals surface area contributed by atoms with E-state index in [0.29, 0.717) is 43.1 Å². The molecule has 1 aliphatic heterocycles. The Morgan fingerprint density at radius 2 is 1.86 bits per heavy atom. The van der Waals surface area contributed by atoms with E-state index in [-0.39, 0.29) is 16.5 Å². The summed E-state index contributed by atoms with van der Waals surface area (Å²) < 4.78 is 56.9. The van der Waals surface area contributed by atoms with Crippen LogP contribution in [-0.2, 0) is 14.6 Å². The average Bonchev–Trinajstić information content (AvgIpc) is 3.26. The van der Waals surface area contributed by atoms with Crippen molar-refractivity contribution in [2.75, 3.05) is 44.9 Å². The maximum absolute atomic E-state index is 14.0. The second-order valence-corrected chi connectivity index (χ2v) is 11.0. The summed E-state index contributed by atoms with van der Waals surface area (Å²) in [6.07, 6.45) is 2.32. The molecule has 2 heterocycles. The number of ether oxygens (including phenoxy) is 1. The standard InChI is InChI=1S/C26H28F2N4O4S/c1-36-11-10-32-15-20(18-8-9-21(27)22(28)12-18)24(16-32)31-26(33)30-23-13-19(37(2,34)35)14-29-25(23)17-6-4-3-5-7-17/h3-9,12-14,20,24H,10-11,15-16H2,1-2H3,(H2,30,31,33). The van der Waals surface area contributed by atoms with Gasteiger partial charge in [-0.25, -0.2) is 22.0 Å². The summed E-state index contributed by atoms with van der Waals surface area (Å²) in [5, 5.41) is 5.67. The molecule has 0 saturated carbocycles. The first-order valence-electron chi connectivity index (χ1n) is 11.6. The first kappa shape index (κ1) is 26.6. The van der Waals surface area contributed by atoms with Gasteiger partial charge in [-0.3, -0.25) is 9.88 Å². The van der Waals surface area contributed by atoms with Crippen LogP contribution < -0.4 is 10.6 Å². The zero-order valence-corrected chi connectivity index (χ0v) is 21.3. The van der Waals surface area contributed by atoms with Crippen molar-refractivity contribution in [1.29, 1.82) is 0 Å². The highest BCUT2D eigenvalue weighted by molar-refractivity contribution is 7.90. The number of benzene rings is 2. The minimum Gasteiger partial charge on any atom is -0.383 e. The number of hydrogen-bond donors (Lipinski definition) is 2. The van der Waals surface area contributed by atoms with Crippen LogP contribution in [0.2, 0.25) is 0 Å². The van der Waals surface area contributed by atoms with Gasteiger partial charge in [-0.15, -0.1) is 0 Å². The normalized spacial score (nSPS) is 18.1. The molecule has 3 aromatic rings. The van der Waals surface area contributed by atoms with E-state index in [2.05, 4.69) is 20.5 Å². The smallest absolute Gasteiger partial charge is 0.319 e. The van der Waals surface area contributed by atoms with Gasteiger partial charge in [-0.2, -0.15) is 0 Å². The molecule has 0 bridgehead atoms. The Labute approximate surface area is 214 Å². The van der Waals surface area contributed by atoms with Crippen LogP contribution >= 0.6 is 0 Å². The molecular weight excluding hydrogens is 502 g/mol. The predicted molar refractivity (Wildman–Crippen MR) is 136 cm³/mol. The minimum absolute atomic E-state index is 0.0336. The van der Waals surface area contributed by atoms with Crippen LogP contribution in [0.5, 0.6) is 0 Å². The molecule has 2 atom stereocenters. The molecule has 2 unspecified atom stereocenters. The van der Waals surface area contributed by atoms with Crippen molar-refractivity contribution >= 4 is 21.6 Å². The summed E-state index contributed by atoms with van der Waals surface area (Å²) in [7, 11) is -1.98. The van der Waals surface area contributed by atoms with Crippen LogP contribution in [0, 0.1) is 11.6 Å². The molecule has 2 amide bonds. The van der Waals surface area contributed by atoms with Crippen molar-refractivity contribution in [3.8, 4) is 11.3 Å². The summed E-state index contributed by atoms with van der Waals surface area (Å²) >= 11 is 0. The fourth-order valence-corrected chi connectivity index (χ4v) is 4.99. The van der Waals surface area contributed by atoms with E-state index < -0.39 is 33.5 Å². The molecule has 0 radical (unpaired) electrons. The van der Waals surface area contributed by atoms with Gasteiger partial charge < -0.3 is 15.4 Å². The largest absolute Gasteiger partial charge is 0.383 e. The molecule has 0 spiro atoms. The van der Waals surface area contributed by atoms with Crippen molar-refractivity contribution < 1.29 is 26.7 Å². The second kappa shape index (κ2) is 11.3. The minimum atomic E-state index is -3.57. The maximum Gasteiger partial charge on any atom is 0.319 e. The van der Waals surface area contributed by atoms with Crippen LogP contribution in [0.25, 0.3) is 11.3 Å². The van der Waals surface area contributed by atoms with E-state index in [1.54, 1.807) is 19.2 Å². The van der Waals surface area contributed by atoms with Crippen molar-refractivity contribution in [1.82, 2.24) is 15.2 Å². The predicted octanol–water partition coefficient (Wildman–Crippen LogP) is 3.67. The maximum atomic E-state index is 14.0. The molecule has 1 fully saturated rings. The summed E-state index contributed by atoms with van der Waals surface area (Å²) in [6.45, 7) is 2.07. The second-order valence-electron chi connectivity index (χ2n) is 8.94. The third kappa shape index (κ3) is 6.48. The lowest BCUT2D eigenvalue weighted by Gasteiger charge is -2.21. The summed E-state index contributed by atoms with van der Waals surface area (Å²) in [4.78, 5) is 19.5. The Bertz CT molecular complexity index is 1370. The Kier molecular flexibility index (Phi) is 8.16. The number of rotatable bonds is 8. The van der Waals surface area contributed by atoms with E-state index in [1.165, 1.54) is 18.3 Å². The van der Waals surface area contributed by atoms with E-state index in [1.807, 2.05) is 18.2 Å². The number of amides is 2. The zero-order chi connectivity index (χ0) is 26.6. The summed E-state index contributed by atoms with van der Waals surface area (Å²) in [5.41, 5.74) is 1.90. The number of hydrogen-bond acceptors (Lipinski definition) is 6. The van der Waals surface area contributed by atoms with Gasteiger partial charge >= 0.3 is 6.03 Å². The molecule has 1 aromatic heterocycles. The van der Waals surface area contributed by atoms with Crippen LogP contribution in [0.4, 0.5) is 19.3 Å². The third-order valence-corrected chi connectivity index (χ3v) is 7.36. The lowest BCUT2D eigenvalue weighted by Crippen LogP contribution is -2.42. The topological polar surface area (TPSA) is 101 Å². The van der Waals surface area contributed by atoms with Crippen molar-refractivity contribution in [2.45, 2.75) is 16.9 Å². The monoisotopic (exact) mass is 530 g/mol. The number of urea groups is 1. The number of halogens is 2.